The minimum atomic E-state index is -0.824. The van der Waals surface area contributed by atoms with Gasteiger partial charge in [0.2, 0.25) is 0 Å². The lowest BCUT2D eigenvalue weighted by Gasteiger charge is -2.30. The van der Waals surface area contributed by atoms with Crippen LogP contribution in [-0.4, -0.2) is 49.8 Å². The van der Waals surface area contributed by atoms with E-state index in [-0.39, 0.29) is 5.91 Å². The summed E-state index contributed by atoms with van der Waals surface area (Å²) >= 11 is 0. The van der Waals surface area contributed by atoms with Crippen molar-refractivity contribution in [3.8, 4) is 5.75 Å². The molecule has 27 heavy (non-hydrogen) atoms. The fraction of sp³-hybridized carbons (Fsp3) is 0.682. The monoisotopic (exact) mass is 376 g/mol. The summed E-state index contributed by atoms with van der Waals surface area (Å²) in [6.45, 7) is 12.3. The molecule has 1 N–H and O–H groups in total. The molecule has 2 rings (SSSR count). The van der Waals surface area contributed by atoms with Crippen LogP contribution >= 0.6 is 0 Å². The molecule has 1 aliphatic rings. The van der Waals surface area contributed by atoms with Gasteiger partial charge >= 0.3 is 0 Å². The number of piperidine rings is 1. The molecule has 0 radical (unpaired) electrons. The molecule has 1 aromatic rings. The second-order valence-electron chi connectivity index (χ2n) is 8.41. The van der Waals surface area contributed by atoms with Gasteiger partial charge in [-0.2, -0.15) is 0 Å². The zero-order chi connectivity index (χ0) is 19.9. The second kappa shape index (κ2) is 10.1. The van der Waals surface area contributed by atoms with E-state index >= 15 is 0 Å². The summed E-state index contributed by atoms with van der Waals surface area (Å²) in [6.07, 6.45) is 3.29. The summed E-state index contributed by atoms with van der Waals surface area (Å²) < 4.78 is 11.3. The van der Waals surface area contributed by atoms with Crippen LogP contribution in [0, 0.1) is 11.8 Å². The molecule has 2 unspecified atom stereocenters. The van der Waals surface area contributed by atoms with Gasteiger partial charge in [0.15, 0.2) is 0 Å². The number of hydrogen-bond acceptors (Lipinski definition) is 4. The molecular weight excluding hydrogens is 340 g/mol. The van der Waals surface area contributed by atoms with E-state index < -0.39 is 5.60 Å². The van der Waals surface area contributed by atoms with E-state index in [1.165, 1.54) is 25.9 Å². The quantitative estimate of drug-likeness (QED) is 0.702. The molecule has 1 fully saturated rings. The lowest BCUT2D eigenvalue weighted by molar-refractivity contribution is -0.137. The first-order valence-electron chi connectivity index (χ1n) is 10.1. The Morgan fingerprint density at radius 3 is 2.63 bits per heavy atom. The number of anilines is 1. The fourth-order valence-corrected chi connectivity index (χ4v) is 3.73. The summed E-state index contributed by atoms with van der Waals surface area (Å²) in [7, 11) is 1.59. The largest absolute Gasteiger partial charge is 0.492 e. The molecular formula is C22H36N2O3. The molecule has 0 bridgehead atoms. The maximum atomic E-state index is 12.6. The van der Waals surface area contributed by atoms with E-state index in [0.29, 0.717) is 18.9 Å². The summed E-state index contributed by atoms with van der Waals surface area (Å²) in [6, 6.07) is 7.56. The van der Waals surface area contributed by atoms with Crippen LogP contribution in [-0.2, 0) is 9.53 Å². The Bertz CT molecular complexity index is 588. The average molecular weight is 377 g/mol. The molecule has 1 aromatic carbocycles. The first kappa shape index (κ1) is 21.7. The number of nitrogens with zero attached hydrogens (tertiary/aromatic N) is 1. The third-order valence-corrected chi connectivity index (χ3v) is 5.26. The van der Waals surface area contributed by atoms with E-state index in [4.69, 9.17) is 9.47 Å². The van der Waals surface area contributed by atoms with Crippen molar-refractivity contribution < 1.29 is 14.3 Å². The lowest BCUT2D eigenvalue weighted by atomic mass is 9.93. The maximum absolute atomic E-state index is 12.6. The van der Waals surface area contributed by atoms with Crippen molar-refractivity contribution in [1.82, 2.24) is 4.90 Å². The number of ether oxygens (including phenoxy) is 2. The van der Waals surface area contributed by atoms with Crippen LogP contribution in [0.25, 0.3) is 0 Å². The molecule has 1 heterocycles. The Hall–Kier alpha value is -1.59. The van der Waals surface area contributed by atoms with E-state index in [2.05, 4.69) is 31.0 Å². The Balaban J connectivity index is 1.81. The van der Waals surface area contributed by atoms with Gasteiger partial charge in [0.05, 0.1) is 0 Å². The zero-order valence-electron chi connectivity index (χ0n) is 17.6. The Kier molecular flexibility index (Phi) is 8.11. The van der Waals surface area contributed by atoms with Crippen LogP contribution in [0.5, 0.6) is 5.75 Å². The van der Waals surface area contributed by atoms with Gasteiger partial charge in [-0.1, -0.05) is 20.8 Å². The number of amides is 1. The Labute approximate surface area is 164 Å². The number of rotatable bonds is 9. The second-order valence-corrected chi connectivity index (χ2v) is 8.41. The highest BCUT2D eigenvalue weighted by Gasteiger charge is 2.33. The van der Waals surface area contributed by atoms with E-state index in [0.717, 1.165) is 23.9 Å². The van der Waals surface area contributed by atoms with Crippen LogP contribution in [0.15, 0.2) is 24.3 Å². The number of carbonyl (C=O) groups excluding carboxylic acids is 1. The van der Waals surface area contributed by atoms with Crippen LogP contribution < -0.4 is 10.1 Å². The van der Waals surface area contributed by atoms with Gasteiger partial charge in [0.25, 0.3) is 5.91 Å². The van der Waals surface area contributed by atoms with Crippen LogP contribution in [0.1, 0.15) is 47.0 Å². The number of nitrogens with one attached hydrogen (secondary N) is 1. The minimum absolute atomic E-state index is 0.119. The summed E-state index contributed by atoms with van der Waals surface area (Å²) in [5, 5.41) is 2.95. The Morgan fingerprint density at radius 2 is 2.04 bits per heavy atom. The number of methoxy groups -OCH3 is 1. The number of hydrogen-bond donors (Lipinski definition) is 1. The molecule has 5 nitrogen and oxygen atoms in total. The molecule has 0 saturated carbocycles. The highest BCUT2D eigenvalue weighted by molar-refractivity contribution is 5.97. The highest BCUT2D eigenvalue weighted by atomic mass is 16.5. The minimum Gasteiger partial charge on any atom is -0.492 e. The number of benzene rings is 1. The topological polar surface area (TPSA) is 50.8 Å². The standard InChI is InChI=1S/C22H36N2O3/c1-17(2)15-22(4,26-5)21(25)23-19-8-10-20(11-9-19)27-14-13-24-12-6-7-18(3)16-24/h8-11,17-18H,6-7,12-16H2,1-5H3,(H,23,25). The zero-order valence-corrected chi connectivity index (χ0v) is 17.6. The molecule has 5 heteroatoms. The van der Waals surface area contributed by atoms with Gasteiger partial charge < -0.3 is 14.8 Å². The Morgan fingerprint density at radius 1 is 1.33 bits per heavy atom. The molecule has 1 amide bonds. The number of likely N-dealkylation sites (tertiary alicyclic amines) is 1. The van der Waals surface area contributed by atoms with Gasteiger partial charge in [-0.05, 0) is 68.8 Å². The van der Waals surface area contributed by atoms with Gasteiger partial charge in [-0.15, -0.1) is 0 Å². The van der Waals surface area contributed by atoms with E-state index in [1.54, 1.807) is 7.11 Å². The first-order chi connectivity index (χ1) is 12.8. The molecule has 1 saturated heterocycles. The highest BCUT2D eigenvalue weighted by Crippen LogP contribution is 2.23. The SMILES string of the molecule is COC(C)(CC(C)C)C(=O)Nc1ccc(OCCN2CCCC(C)C2)cc1. The molecule has 2 atom stereocenters. The van der Waals surface area contributed by atoms with Crippen molar-refractivity contribution in [2.75, 3.05) is 38.7 Å². The van der Waals surface area contributed by atoms with Gasteiger partial charge in [0, 0.05) is 25.9 Å². The van der Waals surface area contributed by atoms with Crippen molar-refractivity contribution >= 4 is 11.6 Å². The van der Waals surface area contributed by atoms with Gasteiger partial charge in [-0.3, -0.25) is 9.69 Å². The summed E-state index contributed by atoms with van der Waals surface area (Å²) in [4.78, 5) is 15.1. The molecule has 152 valence electrons. The lowest BCUT2D eigenvalue weighted by Crippen LogP contribution is -2.43. The normalized spacial score (nSPS) is 20.3. The van der Waals surface area contributed by atoms with E-state index in [9.17, 15) is 4.79 Å². The van der Waals surface area contributed by atoms with Crippen molar-refractivity contribution in [1.29, 1.82) is 0 Å². The molecule has 0 aromatic heterocycles. The van der Waals surface area contributed by atoms with Gasteiger partial charge in [0.1, 0.15) is 18.0 Å². The predicted molar refractivity (Wildman–Crippen MR) is 110 cm³/mol. The molecule has 0 spiro atoms. The first-order valence-corrected chi connectivity index (χ1v) is 10.1. The number of carbonyl (C=O) groups is 1. The van der Waals surface area contributed by atoms with Crippen molar-refractivity contribution in [3.63, 3.8) is 0 Å². The third-order valence-electron chi connectivity index (χ3n) is 5.26. The maximum Gasteiger partial charge on any atom is 0.256 e. The van der Waals surface area contributed by atoms with Crippen LogP contribution in [0.4, 0.5) is 5.69 Å². The van der Waals surface area contributed by atoms with Crippen molar-refractivity contribution in [3.05, 3.63) is 24.3 Å². The third kappa shape index (κ3) is 6.82. The van der Waals surface area contributed by atoms with Crippen LogP contribution in [0.2, 0.25) is 0 Å². The van der Waals surface area contributed by atoms with Crippen molar-refractivity contribution in [2.45, 2.75) is 52.6 Å². The molecule has 1 aliphatic heterocycles. The van der Waals surface area contributed by atoms with Gasteiger partial charge in [-0.25, -0.2) is 0 Å². The van der Waals surface area contributed by atoms with Crippen molar-refractivity contribution in [2.24, 2.45) is 11.8 Å². The summed E-state index contributed by atoms with van der Waals surface area (Å²) in [5.74, 6) is 1.87. The average Bonchev–Trinajstić information content (AvgIpc) is 2.62. The van der Waals surface area contributed by atoms with E-state index in [1.807, 2.05) is 31.2 Å². The predicted octanol–water partition coefficient (Wildman–Crippen LogP) is 4.19. The smallest absolute Gasteiger partial charge is 0.256 e. The fourth-order valence-electron chi connectivity index (χ4n) is 3.73. The molecule has 0 aliphatic carbocycles. The van der Waals surface area contributed by atoms with Crippen LogP contribution in [0.3, 0.4) is 0 Å². The summed E-state index contributed by atoms with van der Waals surface area (Å²) in [5.41, 5.74) is -0.0706.